The summed E-state index contributed by atoms with van der Waals surface area (Å²) in [6.07, 6.45) is 0.995. The summed E-state index contributed by atoms with van der Waals surface area (Å²) in [5.41, 5.74) is 0. The van der Waals surface area contributed by atoms with E-state index < -0.39 is 0 Å². The largest absolute Gasteiger partial charge is 0.383 e. The predicted molar refractivity (Wildman–Crippen MR) is 58.3 cm³/mol. The van der Waals surface area contributed by atoms with E-state index in [1.165, 1.54) is 4.90 Å². The van der Waals surface area contributed by atoms with E-state index in [4.69, 9.17) is 4.74 Å². The Labute approximate surface area is 91.6 Å². The summed E-state index contributed by atoms with van der Waals surface area (Å²) in [4.78, 5) is 23.5. The van der Waals surface area contributed by atoms with Gasteiger partial charge in [0.05, 0.1) is 13.2 Å². The van der Waals surface area contributed by atoms with Gasteiger partial charge in [-0.1, -0.05) is 20.8 Å². The summed E-state index contributed by atoms with van der Waals surface area (Å²) < 4.78 is 4.82. The third kappa shape index (κ3) is 5.52. The molecule has 0 spiro atoms. The summed E-state index contributed by atoms with van der Waals surface area (Å²) in [6, 6.07) is 0. The summed E-state index contributed by atoms with van der Waals surface area (Å²) in [5, 5.41) is 0. The number of hydrogen-bond donors (Lipinski definition) is 0. The second kappa shape index (κ2) is 7.40. The molecule has 1 atom stereocenters. The van der Waals surface area contributed by atoms with Crippen LogP contribution < -0.4 is 0 Å². The number of rotatable bonds is 7. The molecule has 88 valence electrons. The molecule has 0 heterocycles. The molecule has 0 rings (SSSR count). The van der Waals surface area contributed by atoms with Gasteiger partial charge in [0.15, 0.2) is 0 Å². The number of amides is 2. The maximum absolute atomic E-state index is 11.6. The van der Waals surface area contributed by atoms with Crippen LogP contribution >= 0.6 is 0 Å². The van der Waals surface area contributed by atoms with E-state index in [0.29, 0.717) is 37.8 Å². The maximum Gasteiger partial charge on any atom is 0.229 e. The van der Waals surface area contributed by atoms with Gasteiger partial charge in [0.2, 0.25) is 12.3 Å². The molecule has 0 aromatic carbocycles. The average Bonchev–Trinajstić information content (AvgIpc) is 2.18. The molecule has 1 unspecified atom stereocenters. The van der Waals surface area contributed by atoms with Gasteiger partial charge in [0.25, 0.3) is 0 Å². The fourth-order valence-electron chi connectivity index (χ4n) is 1.05. The monoisotopic (exact) mass is 215 g/mol. The Hall–Kier alpha value is -0.900. The van der Waals surface area contributed by atoms with Crippen LogP contribution in [0.1, 0.15) is 27.2 Å². The quantitative estimate of drug-likeness (QED) is 0.601. The zero-order valence-electron chi connectivity index (χ0n) is 10.0. The Bertz CT molecular complexity index is 204. The molecule has 4 heteroatoms. The topological polar surface area (TPSA) is 46.6 Å². The van der Waals surface area contributed by atoms with Gasteiger partial charge in [-0.05, 0) is 11.8 Å². The molecule has 0 fully saturated rings. The van der Waals surface area contributed by atoms with Crippen LogP contribution in [0.4, 0.5) is 0 Å². The number of nitrogens with zero attached hydrogens (tertiary/aromatic N) is 1. The lowest BCUT2D eigenvalue weighted by molar-refractivity contribution is -0.139. The second-order valence-electron chi connectivity index (χ2n) is 4.11. The fraction of sp³-hybridized carbons (Fsp3) is 0.818. The molecule has 0 bridgehead atoms. The molecule has 0 aliphatic carbocycles. The van der Waals surface area contributed by atoms with Crippen LogP contribution in [0, 0.1) is 11.8 Å². The Balaban J connectivity index is 4.09. The normalized spacial score (nSPS) is 12.6. The van der Waals surface area contributed by atoms with Crippen LogP contribution in [0.2, 0.25) is 0 Å². The van der Waals surface area contributed by atoms with Crippen LogP contribution in [0.3, 0.4) is 0 Å². The highest BCUT2D eigenvalue weighted by atomic mass is 16.5. The molecule has 0 aliphatic rings. The fourth-order valence-corrected chi connectivity index (χ4v) is 1.05. The van der Waals surface area contributed by atoms with E-state index in [0.717, 1.165) is 0 Å². The lowest BCUT2D eigenvalue weighted by Crippen LogP contribution is -2.34. The Morgan fingerprint density at radius 2 is 2.00 bits per heavy atom. The first-order valence-corrected chi connectivity index (χ1v) is 5.26. The third-order valence-corrected chi connectivity index (χ3v) is 2.62. The zero-order valence-corrected chi connectivity index (χ0v) is 10.0. The van der Waals surface area contributed by atoms with Gasteiger partial charge in [-0.25, -0.2) is 0 Å². The smallest absolute Gasteiger partial charge is 0.229 e. The minimum atomic E-state index is -0.122. The lowest BCUT2D eigenvalue weighted by Gasteiger charge is -2.19. The number of methoxy groups -OCH3 is 1. The van der Waals surface area contributed by atoms with E-state index in [-0.39, 0.29) is 5.91 Å². The van der Waals surface area contributed by atoms with Crippen molar-refractivity contribution in [1.29, 1.82) is 0 Å². The van der Waals surface area contributed by atoms with E-state index in [1.807, 2.05) is 6.92 Å². The first-order valence-electron chi connectivity index (χ1n) is 5.26. The van der Waals surface area contributed by atoms with Crippen molar-refractivity contribution in [2.75, 3.05) is 20.3 Å². The highest BCUT2D eigenvalue weighted by molar-refractivity contribution is 5.86. The van der Waals surface area contributed by atoms with E-state index >= 15 is 0 Å². The van der Waals surface area contributed by atoms with Gasteiger partial charge in [0, 0.05) is 13.5 Å². The molecular formula is C11H21NO3. The van der Waals surface area contributed by atoms with E-state index in [1.54, 1.807) is 7.11 Å². The summed E-state index contributed by atoms with van der Waals surface area (Å²) in [7, 11) is 1.55. The van der Waals surface area contributed by atoms with Crippen molar-refractivity contribution in [2.45, 2.75) is 27.2 Å². The molecule has 4 nitrogen and oxygen atoms in total. The molecule has 2 amide bonds. The van der Waals surface area contributed by atoms with Crippen molar-refractivity contribution < 1.29 is 14.3 Å². The van der Waals surface area contributed by atoms with Crippen LogP contribution in [0.25, 0.3) is 0 Å². The van der Waals surface area contributed by atoms with Gasteiger partial charge in [0.1, 0.15) is 0 Å². The zero-order chi connectivity index (χ0) is 11.8. The van der Waals surface area contributed by atoms with Crippen molar-refractivity contribution >= 4 is 12.3 Å². The van der Waals surface area contributed by atoms with E-state index in [9.17, 15) is 9.59 Å². The summed E-state index contributed by atoms with van der Waals surface area (Å²) in [5.74, 6) is 0.621. The van der Waals surface area contributed by atoms with Crippen molar-refractivity contribution in [3.8, 4) is 0 Å². The molecule has 0 aromatic rings. The van der Waals surface area contributed by atoms with E-state index in [2.05, 4.69) is 13.8 Å². The van der Waals surface area contributed by atoms with Crippen LogP contribution in [0.5, 0.6) is 0 Å². The average molecular weight is 215 g/mol. The van der Waals surface area contributed by atoms with Crippen molar-refractivity contribution in [3.05, 3.63) is 0 Å². The number of carbonyl (C=O) groups excluding carboxylic acids is 2. The van der Waals surface area contributed by atoms with Crippen molar-refractivity contribution in [1.82, 2.24) is 4.90 Å². The van der Waals surface area contributed by atoms with Gasteiger partial charge in [-0.2, -0.15) is 0 Å². The number of hydrogen-bond acceptors (Lipinski definition) is 3. The lowest BCUT2D eigenvalue weighted by atomic mass is 9.94. The first kappa shape index (κ1) is 14.1. The van der Waals surface area contributed by atoms with Crippen LogP contribution in [0.15, 0.2) is 0 Å². The Kier molecular flexibility index (Phi) is 6.96. The molecule has 0 aliphatic heterocycles. The number of ether oxygens (including phenoxy) is 1. The van der Waals surface area contributed by atoms with Crippen molar-refractivity contribution in [2.24, 2.45) is 11.8 Å². The molecular weight excluding hydrogens is 194 g/mol. The second-order valence-corrected chi connectivity index (χ2v) is 4.11. The van der Waals surface area contributed by atoms with Crippen molar-refractivity contribution in [3.63, 3.8) is 0 Å². The molecule has 0 aromatic heterocycles. The summed E-state index contributed by atoms with van der Waals surface area (Å²) >= 11 is 0. The minimum absolute atomic E-state index is 0.122. The van der Waals surface area contributed by atoms with Gasteiger partial charge >= 0.3 is 0 Å². The number of carbonyl (C=O) groups is 2. The van der Waals surface area contributed by atoms with Gasteiger partial charge in [-0.15, -0.1) is 0 Å². The number of imide groups is 1. The standard InChI is InChI=1S/C11H21NO3/c1-9(2)10(3)7-11(14)12(8-13)5-6-15-4/h8-10H,5-7H2,1-4H3. The van der Waals surface area contributed by atoms with Gasteiger partial charge in [-0.3, -0.25) is 14.5 Å². The molecule has 0 N–H and O–H groups in total. The minimum Gasteiger partial charge on any atom is -0.383 e. The summed E-state index contributed by atoms with van der Waals surface area (Å²) in [6.45, 7) is 6.88. The molecule has 0 radical (unpaired) electrons. The highest BCUT2D eigenvalue weighted by Gasteiger charge is 2.17. The van der Waals surface area contributed by atoms with Gasteiger partial charge < -0.3 is 4.74 Å². The highest BCUT2D eigenvalue weighted by Crippen LogP contribution is 2.14. The SMILES string of the molecule is COCCN(C=O)C(=O)CC(C)C(C)C. The Morgan fingerprint density at radius 3 is 2.40 bits per heavy atom. The predicted octanol–water partition coefficient (Wildman–Crippen LogP) is 1.30. The molecule has 15 heavy (non-hydrogen) atoms. The van der Waals surface area contributed by atoms with Crippen LogP contribution in [-0.2, 0) is 14.3 Å². The van der Waals surface area contributed by atoms with Crippen LogP contribution in [-0.4, -0.2) is 37.5 Å². The third-order valence-electron chi connectivity index (χ3n) is 2.62. The maximum atomic E-state index is 11.6. The molecule has 0 saturated carbocycles. The Morgan fingerprint density at radius 1 is 1.40 bits per heavy atom. The molecule has 0 saturated heterocycles. The first-order chi connectivity index (χ1) is 7.02.